The number of hydrogen-bond acceptors (Lipinski definition) is 5. The third-order valence-corrected chi connectivity index (χ3v) is 5.21. The highest BCUT2D eigenvalue weighted by molar-refractivity contribution is 7.92. The number of amides is 1. The van der Waals surface area contributed by atoms with Crippen LogP contribution in [0, 0.1) is 0 Å². The van der Waals surface area contributed by atoms with Crippen LogP contribution in [0.5, 0.6) is 0 Å². The van der Waals surface area contributed by atoms with Crippen molar-refractivity contribution in [1.82, 2.24) is 5.32 Å². The van der Waals surface area contributed by atoms with Crippen LogP contribution in [0.15, 0.2) is 0 Å². The monoisotopic (exact) mass is 264 g/mol. The van der Waals surface area contributed by atoms with Gasteiger partial charge in [0.1, 0.15) is 0 Å². The van der Waals surface area contributed by atoms with E-state index in [1.807, 2.05) is 0 Å². The molecule has 100 valence electrons. The van der Waals surface area contributed by atoms with Gasteiger partial charge in [-0.2, -0.15) is 0 Å². The summed E-state index contributed by atoms with van der Waals surface area (Å²) in [6.07, 6.45) is 1.73. The third kappa shape index (κ3) is 4.25. The van der Waals surface area contributed by atoms with E-state index in [2.05, 4.69) is 5.32 Å². The first-order valence-electron chi connectivity index (χ1n) is 5.71. The molecule has 1 fully saturated rings. The third-order valence-electron chi connectivity index (χ3n) is 2.94. The maximum atomic E-state index is 11.5. The van der Waals surface area contributed by atoms with Crippen LogP contribution in [0.25, 0.3) is 0 Å². The molecule has 7 heteroatoms. The van der Waals surface area contributed by atoms with Gasteiger partial charge in [-0.15, -0.1) is 0 Å². The van der Waals surface area contributed by atoms with Crippen molar-refractivity contribution < 1.29 is 17.9 Å². The molecule has 0 aromatic carbocycles. The molecular formula is C10H20N2O4S. The van der Waals surface area contributed by atoms with E-state index in [9.17, 15) is 13.2 Å². The average molecular weight is 264 g/mol. The second kappa shape index (κ2) is 6.32. The van der Waals surface area contributed by atoms with Gasteiger partial charge >= 0.3 is 0 Å². The molecule has 17 heavy (non-hydrogen) atoms. The van der Waals surface area contributed by atoms with Gasteiger partial charge in [0.15, 0.2) is 9.84 Å². The Kier molecular flexibility index (Phi) is 5.35. The first kappa shape index (κ1) is 14.4. The standard InChI is InChI=1S/C10H20N2O4S/c1-16-5-4-9(11)10(13)12-7-8-3-2-6-17(8,14)15/h8-9H,2-7,11H2,1H3,(H,12,13). The highest BCUT2D eigenvalue weighted by Gasteiger charge is 2.31. The van der Waals surface area contributed by atoms with Crippen LogP contribution in [0.4, 0.5) is 0 Å². The van der Waals surface area contributed by atoms with Crippen molar-refractivity contribution in [2.45, 2.75) is 30.6 Å². The van der Waals surface area contributed by atoms with E-state index >= 15 is 0 Å². The summed E-state index contributed by atoms with van der Waals surface area (Å²) in [5.74, 6) is -0.0901. The number of methoxy groups -OCH3 is 1. The smallest absolute Gasteiger partial charge is 0.237 e. The molecule has 2 unspecified atom stereocenters. The summed E-state index contributed by atoms with van der Waals surface area (Å²) in [5.41, 5.74) is 5.61. The zero-order chi connectivity index (χ0) is 12.9. The number of nitrogens with one attached hydrogen (secondary N) is 1. The fourth-order valence-corrected chi connectivity index (χ4v) is 3.57. The lowest BCUT2D eigenvalue weighted by Crippen LogP contribution is -2.44. The van der Waals surface area contributed by atoms with Gasteiger partial charge in [0, 0.05) is 20.3 Å². The second-order valence-corrected chi connectivity index (χ2v) is 6.66. The van der Waals surface area contributed by atoms with Gasteiger partial charge < -0.3 is 15.8 Å². The lowest BCUT2D eigenvalue weighted by molar-refractivity contribution is -0.122. The highest BCUT2D eigenvalue weighted by Crippen LogP contribution is 2.18. The Labute approximate surface area is 102 Å². The van der Waals surface area contributed by atoms with Crippen LogP contribution < -0.4 is 11.1 Å². The molecule has 1 heterocycles. The van der Waals surface area contributed by atoms with Crippen molar-refractivity contribution in [2.24, 2.45) is 5.73 Å². The van der Waals surface area contributed by atoms with E-state index in [4.69, 9.17) is 10.5 Å². The summed E-state index contributed by atoms with van der Waals surface area (Å²) >= 11 is 0. The zero-order valence-electron chi connectivity index (χ0n) is 10.0. The van der Waals surface area contributed by atoms with Crippen LogP contribution in [-0.2, 0) is 19.4 Å². The number of hydrogen-bond donors (Lipinski definition) is 2. The van der Waals surface area contributed by atoms with Crippen molar-refractivity contribution in [3.05, 3.63) is 0 Å². The number of rotatable bonds is 6. The van der Waals surface area contributed by atoms with Crippen LogP contribution in [0.2, 0.25) is 0 Å². The molecular weight excluding hydrogens is 244 g/mol. The highest BCUT2D eigenvalue weighted by atomic mass is 32.2. The number of carbonyl (C=O) groups excluding carboxylic acids is 1. The Balaban J connectivity index is 2.33. The zero-order valence-corrected chi connectivity index (χ0v) is 10.8. The van der Waals surface area contributed by atoms with Crippen molar-refractivity contribution in [2.75, 3.05) is 26.0 Å². The summed E-state index contributed by atoms with van der Waals surface area (Å²) in [6.45, 7) is 0.582. The predicted octanol–water partition coefficient (Wildman–Crippen LogP) is -0.956. The van der Waals surface area contributed by atoms with E-state index in [1.54, 1.807) is 0 Å². The minimum absolute atomic E-state index is 0.169. The molecule has 0 aliphatic carbocycles. The van der Waals surface area contributed by atoms with Crippen molar-refractivity contribution >= 4 is 15.7 Å². The average Bonchev–Trinajstić information content (AvgIpc) is 2.62. The quantitative estimate of drug-likeness (QED) is 0.644. The minimum atomic E-state index is -3.01. The Morgan fingerprint density at radius 3 is 2.82 bits per heavy atom. The lowest BCUT2D eigenvalue weighted by atomic mass is 10.2. The van der Waals surface area contributed by atoms with E-state index in [0.29, 0.717) is 25.9 Å². The topological polar surface area (TPSA) is 98.5 Å². The van der Waals surface area contributed by atoms with Gasteiger partial charge in [-0.3, -0.25) is 4.79 Å². The molecule has 3 N–H and O–H groups in total. The molecule has 1 aliphatic heterocycles. The van der Waals surface area contributed by atoms with E-state index in [1.165, 1.54) is 7.11 Å². The number of ether oxygens (including phenoxy) is 1. The summed E-state index contributed by atoms with van der Waals surface area (Å²) < 4.78 is 27.8. The van der Waals surface area contributed by atoms with Crippen molar-refractivity contribution in [1.29, 1.82) is 0 Å². The summed E-state index contributed by atoms with van der Waals surface area (Å²) in [6, 6.07) is -0.640. The molecule has 6 nitrogen and oxygen atoms in total. The first-order valence-corrected chi connectivity index (χ1v) is 7.42. The molecule has 2 atom stereocenters. The van der Waals surface area contributed by atoms with Gasteiger partial charge in [0.05, 0.1) is 17.0 Å². The SMILES string of the molecule is COCCC(N)C(=O)NCC1CCCS1(=O)=O. The molecule has 0 bridgehead atoms. The summed E-state index contributed by atoms with van der Waals surface area (Å²) in [4.78, 5) is 11.5. The van der Waals surface area contributed by atoms with Crippen LogP contribution >= 0.6 is 0 Å². The Hall–Kier alpha value is -0.660. The van der Waals surface area contributed by atoms with Gasteiger partial charge in [0.25, 0.3) is 0 Å². The summed E-state index contributed by atoms with van der Waals surface area (Å²) in [5, 5.41) is 2.15. The minimum Gasteiger partial charge on any atom is -0.385 e. The van der Waals surface area contributed by atoms with Crippen LogP contribution in [0.1, 0.15) is 19.3 Å². The van der Waals surface area contributed by atoms with E-state index < -0.39 is 21.1 Å². The van der Waals surface area contributed by atoms with E-state index in [0.717, 1.165) is 0 Å². The van der Waals surface area contributed by atoms with Crippen molar-refractivity contribution in [3.8, 4) is 0 Å². The normalized spacial score (nSPS) is 24.5. The first-order chi connectivity index (χ1) is 7.97. The van der Waals surface area contributed by atoms with E-state index in [-0.39, 0.29) is 18.2 Å². The van der Waals surface area contributed by atoms with Gasteiger partial charge in [-0.05, 0) is 19.3 Å². The maximum Gasteiger partial charge on any atom is 0.237 e. The van der Waals surface area contributed by atoms with Crippen LogP contribution in [-0.4, -0.2) is 51.6 Å². The molecule has 1 aliphatic rings. The number of nitrogens with two attached hydrogens (primary N) is 1. The largest absolute Gasteiger partial charge is 0.385 e. The second-order valence-electron chi connectivity index (χ2n) is 4.26. The predicted molar refractivity (Wildman–Crippen MR) is 64.3 cm³/mol. The van der Waals surface area contributed by atoms with Gasteiger partial charge in [-0.25, -0.2) is 8.42 Å². The Bertz CT molecular complexity index is 355. The van der Waals surface area contributed by atoms with Gasteiger partial charge in [0.2, 0.25) is 5.91 Å². The Morgan fingerprint density at radius 2 is 2.29 bits per heavy atom. The molecule has 1 rings (SSSR count). The molecule has 0 aromatic rings. The Morgan fingerprint density at radius 1 is 1.59 bits per heavy atom. The lowest BCUT2D eigenvalue weighted by Gasteiger charge is -2.14. The number of sulfone groups is 1. The molecule has 0 spiro atoms. The molecule has 0 radical (unpaired) electrons. The van der Waals surface area contributed by atoms with Crippen molar-refractivity contribution in [3.63, 3.8) is 0 Å². The number of carbonyl (C=O) groups is 1. The summed E-state index contributed by atoms with van der Waals surface area (Å²) in [7, 11) is -1.47. The molecule has 0 saturated carbocycles. The maximum absolute atomic E-state index is 11.5. The fraction of sp³-hybridized carbons (Fsp3) is 0.900. The molecule has 1 saturated heterocycles. The molecule has 0 aromatic heterocycles. The van der Waals surface area contributed by atoms with Gasteiger partial charge in [-0.1, -0.05) is 0 Å². The fourth-order valence-electron chi connectivity index (χ4n) is 1.81. The van der Waals surface area contributed by atoms with Crippen LogP contribution in [0.3, 0.4) is 0 Å². The molecule has 1 amide bonds.